The maximum atomic E-state index is 12.3. The molecular weight excluding hydrogens is 516 g/mol. The number of nitrogens with zero attached hydrogens (tertiary/aromatic N) is 1. The Morgan fingerprint density at radius 3 is 2.61 bits per heavy atom. The fourth-order valence-corrected chi connectivity index (χ4v) is 3.76. The zero-order valence-electron chi connectivity index (χ0n) is 15.3. The standard InChI is InChI=1S/C20H16Cl2INO4/c1-10(2)27-18-15(23)6-11(8-17(18)26-3)7-16-20(25)28-19(24-16)13-5-4-12(21)9-14(13)22/h4-10H,1-3H3/b16-7-. The summed E-state index contributed by atoms with van der Waals surface area (Å²) in [5.74, 6) is 0.812. The number of methoxy groups -OCH3 is 1. The second-order valence-electron chi connectivity index (χ2n) is 6.16. The van der Waals surface area contributed by atoms with Crippen LogP contribution in [-0.4, -0.2) is 25.1 Å². The summed E-state index contributed by atoms with van der Waals surface area (Å²) in [7, 11) is 1.57. The lowest BCUT2D eigenvalue weighted by molar-refractivity contribution is -0.129. The molecule has 0 spiro atoms. The molecule has 1 aliphatic heterocycles. The Bertz CT molecular complexity index is 1000. The van der Waals surface area contributed by atoms with E-state index in [0.29, 0.717) is 27.1 Å². The molecule has 0 radical (unpaired) electrons. The molecule has 0 bridgehead atoms. The minimum Gasteiger partial charge on any atom is -0.493 e. The largest absolute Gasteiger partial charge is 0.493 e. The normalized spacial score (nSPS) is 15.0. The highest BCUT2D eigenvalue weighted by Crippen LogP contribution is 2.36. The van der Waals surface area contributed by atoms with Crippen LogP contribution in [0.25, 0.3) is 6.08 Å². The SMILES string of the molecule is COc1cc(/C=C2\N=C(c3ccc(Cl)cc3Cl)OC2=O)cc(I)c1OC(C)C. The van der Waals surface area contributed by atoms with Crippen molar-refractivity contribution in [3.8, 4) is 11.5 Å². The smallest absolute Gasteiger partial charge is 0.363 e. The van der Waals surface area contributed by atoms with Gasteiger partial charge in [-0.25, -0.2) is 9.79 Å². The minimum atomic E-state index is -0.558. The maximum Gasteiger partial charge on any atom is 0.363 e. The first-order chi connectivity index (χ1) is 13.3. The van der Waals surface area contributed by atoms with Crippen molar-refractivity contribution in [3.63, 3.8) is 0 Å². The number of benzene rings is 2. The Balaban J connectivity index is 1.97. The van der Waals surface area contributed by atoms with Crippen molar-refractivity contribution in [2.24, 2.45) is 4.99 Å². The number of hydrogen-bond acceptors (Lipinski definition) is 5. The molecule has 2 aromatic carbocycles. The fourth-order valence-electron chi connectivity index (χ4n) is 2.52. The van der Waals surface area contributed by atoms with Crippen molar-refractivity contribution < 1.29 is 19.0 Å². The quantitative estimate of drug-likeness (QED) is 0.280. The molecule has 0 amide bonds. The Morgan fingerprint density at radius 1 is 1.21 bits per heavy atom. The zero-order chi connectivity index (χ0) is 20.4. The third kappa shape index (κ3) is 4.61. The Hall–Kier alpha value is -1.77. The Morgan fingerprint density at radius 2 is 1.96 bits per heavy atom. The predicted octanol–water partition coefficient (Wildman–Crippen LogP) is 5.74. The molecule has 0 aromatic heterocycles. The number of esters is 1. The minimum absolute atomic E-state index is 0.00714. The van der Waals surface area contributed by atoms with Gasteiger partial charge in [-0.2, -0.15) is 0 Å². The molecule has 146 valence electrons. The van der Waals surface area contributed by atoms with Crippen LogP contribution in [0.3, 0.4) is 0 Å². The molecule has 1 aliphatic rings. The molecule has 8 heteroatoms. The van der Waals surface area contributed by atoms with Crippen LogP contribution >= 0.6 is 45.8 Å². The monoisotopic (exact) mass is 531 g/mol. The van der Waals surface area contributed by atoms with Gasteiger partial charge in [0.25, 0.3) is 0 Å². The molecule has 0 unspecified atom stereocenters. The van der Waals surface area contributed by atoms with Crippen LogP contribution in [0.2, 0.25) is 10.0 Å². The van der Waals surface area contributed by atoms with Gasteiger partial charge in [0.2, 0.25) is 5.90 Å². The number of aliphatic imine (C=N–C) groups is 1. The molecular formula is C20H16Cl2INO4. The Labute approximate surface area is 186 Å². The maximum absolute atomic E-state index is 12.3. The molecule has 28 heavy (non-hydrogen) atoms. The van der Waals surface area contributed by atoms with Gasteiger partial charge in [-0.1, -0.05) is 23.2 Å². The van der Waals surface area contributed by atoms with Crippen LogP contribution in [0.4, 0.5) is 0 Å². The molecule has 5 nitrogen and oxygen atoms in total. The average Bonchev–Trinajstić information content (AvgIpc) is 2.97. The van der Waals surface area contributed by atoms with Crippen LogP contribution in [0.5, 0.6) is 11.5 Å². The van der Waals surface area contributed by atoms with Crippen LogP contribution in [-0.2, 0) is 9.53 Å². The summed E-state index contributed by atoms with van der Waals surface area (Å²) in [6.07, 6.45) is 1.64. The average molecular weight is 532 g/mol. The van der Waals surface area contributed by atoms with Crippen molar-refractivity contribution in [2.45, 2.75) is 20.0 Å². The third-order valence-electron chi connectivity index (χ3n) is 3.69. The fraction of sp³-hybridized carbons (Fsp3) is 0.200. The molecule has 1 heterocycles. The molecule has 0 atom stereocenters. The van der Waals surface area contributed by atoms with E-state index in [-0.39, 0.29) is 17.7 Å². The molecule has 0 saturated carbocycles. The predicted molar refractivity (Wildman–Crippen MR) is 119 cm³/mol. The summed E-state index contributed by atoms with van der Waals surface area (Å²) in [6, 6.07) is 8.54. The first kappa shape index (κ1) is 21.0. The van der Waals surface area contributed by atoms with Gasteiger partial charge in [-0.3, -0.25) is 0 Å². The van der Waals surface area contributed by atoms with Crippen molar-refractivity contribution in [1.29, 1.82) is 0 Å². The summed E-state index contributed by atoms with van der Waals surface area (Å²) >= 11 is 14.3. The van der Waals surface area contributed by atoms with Crippen molar-refractivity contribution in [3.05, 3.63) is 60.8 Å². The highest BCUT2D eigenvalue weighted by molar-refractivity contribution is 14.1. The molecule has 2 aromatic rings. The summed E-state index contributed by atoms with van der Waals surface area (Å²) in [5.41, 5.74) is 1.39. The van der Waals surface area contributed by atoms with Gasteiger partial charge in [-0.15, -0.1) is 0 Å². The van der Waals surface area contributed by atoms with E-state index >= 15 is 0 Å². The number of rotatable bonds is 5. The van der Waals surface area contributed by atoms with Gasteiger partial charge in [0.05, 0.1) is 27.4 Å². The number of cyclic esters (lactones) is 1. The lowest BCUT2D eigenvalue weighted by Crippen LogP contribution is -2.08. The van der Waals surface area contributed by atoms with Crippen molar-refractivity contribution >= 4 is 63.7 Å². The van der Waals surface area contributed by atoms with Crippen LogP contribution in [0.15, 0.2) is 41.0 Å². The van der Waals surface area contributed by atoms with E-state index in [2.05, 4.69) is 27.6 Å². The highest BCUT2D eigenvalue weighted by Gasteiger charge is 2.26. The second-order valence-corrected chi connectivity index (χ2v) is 8.17. The highest BCUT2D eigenvalue weighted by atomic mass is 127. The zero-order valence-corrected chi connectivity index (χ0v) is 18.9. The molecule has 0 saturated heterocycles. The van der Waals surface area contributed by atoms with E-state index in [1.54, 1.807) is 37.5 Å². The van der Waals surface area contributed by atoms with Crippen LogP contribution < -0.4 is 9.47 Å². The van der Waals surface area contributed by atoms with E-state index in [0.717, 1.165) is 9.13 Å². The number of carbonyl (C=O) groups excluding carboxylic acids is 1. The van der Waals surface area contributed by atoms with Crippen molar-refractivity contribution in [1.82, 2.24) is 0 Å². The molecule has 0 fully saturated rings. The summed E-state index contributed by atoms with van der Waals surface area (Å²) in [6.45, 7) is 3.89. The van der Waals surface area contributed by atoms with E-state index in [4.69, 9.17) is 37.4 Å². The molecule has 3 rings (SSSR count). The summed E-state index contributed by atoms with van der Waals surface area (Å²) < 4.78 is 17.4. The van der Waals surface area contributed by atoms with Crippen LogP contribution in [0, 0.1) is 3.57 Å². The van der Waals surface area contributed by atoms with Gasteiger partial charge >= 0.3 is 5.97 Å². The third-order valence-corrected chi connectivity index (χ3v) is 5.04. The number of carbonyl (C=O) groups is 1. The molecule has 0 N–H and O–H groups in total. The van der Waals surface area contributed by atoms with Gasteiger partial charge in [-0.05, 0) is 78.4 Å². The Kier molecular flexibility index (Phi) is 6.52. The van der Waals surface area contributed by atoms with Gasteiger partial charge in [0.1, 0.15) is 0 Å². The molecule has 0 aliphatic carbocycles. The van der Waals surface area contributed by atoms with Crippen molar-refractivity contribution in [2.75, 3.05) is 7.11 Å². The van der Waals surface area contributed by atoms with E-state index in [9.17, 15) is 4.79 Å². The van der Waals surface area contributed by atoms with Gasteiger partial charge < -0.3 is 14.2 Å². The number of ether oxygens (including phenoxy) is 3. The number of hydrogen-bond donors (Lipinski definition) is 0. The second kappa shape index (κ2) is 8.71. The van der Waals surface area contributed by atoms with E-state index in [1.165, 1.54) is 0 Å². The first-order valence-electron chi connectivity index (χ1n) is 8.30. The van der Waals surface area contributed by atoms with E-state index < -0.39 is 5.97 Å². The van der Waals surface area contributed by atoms with Crippen LogP contribution in [0.1, 0.15) is 25.0 Å². The topological polar surface area (TPSA) is 57.1 Å². The number of halogens is 3. The summed E-state index contributed by atoms with van der Waals surface area (Å²) in [5, 5.41) is 0.839. The lowest BCUT2D eigenvalue weighted by Gasteiger charge is -2.15. The van der Waals surface area contributed by atoms with Gasteiger partial charge in [0.15, 0.2) is 17.2 Å². The lowest BCUT2D eigenvalue weighted by atomic mass is 10.1. The van der Waals surface area contributed by atoms with Gasteiger partial charge in [0, 0.05) is 5.02 Å². The first-order valence-corrected chi connectivity index (χ1v) is 10.1. The van der Waals surface area contributed by atoms with E-state index in [1.807, 2.05) is 19.9 Å². The summed E-state index contributed by atoms with van der Waals surface area (Å²) in [4.78, 5) is 16.5.